The Morgan fingerprint density at radius 3 is 2.42 bits per heavy atom. The van der Waals surface area contributed by atoms with E-state index in [1.807, 2.05) is 30.4 Å². The van der Waals surface area contributed by atoms with Gasteiger partial charge < -0.3 is 20.1 Å². The highest BCUT2D eigenvalue weighted by Crippen LogP contribution is 2.35. The summed E-state index contributed by atoms with van der Waals surface area (Å²) in [4.78, 5) is 26.8. The van der Waals surface area contributed by atoms with Gasteiger partial charge in [-0.2, -0.15) is 5.26 Å². The van der Waals surface area contributed by atoms with E-state index in [2.05, 4.69) is 16.7 Å². The average molecular weight is 506 g/mol. The first-order chi connectivity index (χ1) is 17.5. The van der Waals surface area contributed by atoms with Crippen LogP contribution in [0.15, 0.2) is 42.5 Å². The predicted octanol–water partition coefficient (Wildman–Crippen LogP) is 4.06. The lowest BCUT2D eigenvalue weighted by Crippen LogP contribution is -2.51. The van der Waals surface area contributed by atoms with Gasteiger partial charge in [0.2, 0.25) is 5.91 Å². The van der Waals surface area contributed by atoms with Crippen molar-refractivity contribution in [3.05, 3.63) is 69.8 Å². The fraction of sp³-hybridized carbons (Fsp3) is 0.393. The van der Waals surface area contributed by atoms with Crippen molar-refractivity contribution in [1.82, 2.24) is 10.6 Å². The van der Waals surface area contributed by atoms with Gasteiger partial charge in [0.1, 0.15) is 36.3 Å². The van der Waals surface area contributed by atoms with Crippen molar-refractivity contribution in [3.63, 3.8) is 0 Å². The topological polar surface area (TPSA) is 100 Å². The summed E-state index contributed by atoms with van der Waals surface area (Å²) in [6, 6.07) is 10.4. The van der Waals surface area contributed by atoms with Crippen LogP contribution in [0.1, 0.15) is 52.7 Å². The van der Waals surface area contributed by atoms with Gasteiger partial charge in [0.15, 0.2) is 0 Å². The number of hydrogen-bond acceptors (Lipinski definition) is 5. The van der Waals surface area contributed by atoms with Gasteiger partial charge in [0, 0.05) is 6.42 Å². The molecule has 4 aliphatic rings. The normalized spacial score (nSPS) is 21.4. The number of nitriles is 1. The standard InChI is InChI=1S/C28H28ClN3O4/c29-22-13-18-7-8-24(22)35-11-3-4-12-36-25-16-20-6-2-1-5-19(20)15-21(25)26(33)31-23(14-18)27(34)32-28(17-30)9-10-28/h3-4,7-8,13,15-16,23H,1-2,5-6,9-12,14H2,(H,31,33)(H,32,34)/b4-3+/t23-/m0/s1. The van der Waals surface area contributed by atoms with Crippen LogP contribution >= 0.6 is 11.6 Å². The molecular weight excluding hydrogens is 478 g/mol. The Balaban J connectivity index is 1.49. The SMILES string of the molecule is N#CC1(NC(=O)[C@@H]2Cc3ccc(c(Cl)c3)OC/C=C/COc3cc4c(cc3C(=O)N2)CCCC4)CC1. The molecule has 2 N–H and O–H groups in total. The maximum atomic E-state index is 13.6. The Morgan fingerprint density at radius 1 is 1.06 bits per heavy atom. The fourth-order valence-electron chi connectivity index (χ4n) is 4.65. The predicted molar refractivity (Wildman–Crippen MR) is 135 cm³/mol. The minimum absolute atomic E-state index is 0.208. The molecule has 2 aliphatic carbocycles. The molecule has 0 spiro atoms. The molecule has 7 nitrogen and oxygen atoms in total. The van der Waals surface area contributed by atoms with E-state index in [-0.39, 0.29) is 18.9 Å². The second kappa shape index (κ2) is 10.2. The van der Waals surface area contributed by atoms with Crippen molar-refractivity contribution in [2.45, 2.75) is 56.5 Å². The number of rotatable bonds is 2. The summed E-state index contributed by atoms with van der Waals surface area (Å²) in [5.41, 5.74) is 2.66. The van der Waals surface area contributed by atoms with Gasteiger partial charge in [0.25, 0.3) is 5.91 Å². The Kier molecular flexibility index (Phi) is 6.88. The van der Waals surface area contributed by atoms with E-state index in [4.69, 9.17) is 21.1 Å². The Labute approximate surface area is 215 Å². The molecule has 6 rings (SSSR count). The summed E-state index contributed by atoms with van der Waals surface area (Å²) < 4.78 is 11.8. The number of ether oxygens (including phenoxy) is 2. The quantitative estimate of drug-likeness (QED) is 0.599. The largest absolute Gasteiger partial charge is 0.489 e. The van der Waals surface area contributed by atoms with Gasteiger partial charge in [0.05, 0.1) is 16.7 Å². The summed E-state index contributed by atoms with van der Waals surface area (Å²) in [5.74, 6) is 0.235. The second-order valence-electron chi connectivity index (χ2n) is 9.60. The summed E-state index contributed by atoms with van der Waals surface area (Å²) in [7, 11) is 0. The number of benzene rings is 2. The Hall–Kier alpha value is -3.50. The first kappa shape index (κ1) is 24.2. The van der Waals surface area contributed by atoms with Gasteiger partial charge in [-0.25, -0.2) is 0 Å². The molecule has 0 aromatic heterocycles. The number of carbonyl (C=O) groups is 2. The smallest absolute Gasteiger partial charge is 0.255 e. The third-order valence-corrected chi connectivity index (χ3v) is 7.21. The van der Waals surface area contributed by atoms with Crippen molar-refractivity contribution in [1.29, 1.82) is 5.26 Å². The Morgan fingerprint density at radius 2 is 1.75 bits per heavy atom. The maximum absolute atomic E-state index is 13.6. The van der Waals surface area contributed by atoms with Crippen molar-refractivity contribution in [2.24, 2.45) is 0 Å². The first-order valence-corrected chi connectivity index (χ1v) is 12.7. The highest BCUT2D eigenvalue weighted by molar-refractivity contribution is 6.32. The van der Waals surface area contributed by atoms with Gasteiger partial charge in [-0.1, -0.05) is 17.7 Å². The zero-order valence-corrected chi connectivity index (χ0v) is 20.7. The molecule has 2 amide bonds. The number of halogens is 1. The monoisotopic (exact) mass is 505 g/mol. The lowest BCUT2D eigenvalue weighted by molar-refractivity contribution is -0.123. The van der Waals surface area contributed by atoms with Gasteiger partial charge in [-0.3, -0.25) is 9.59 Å². The molecule has 2 heterocycles. The molecule has 186 valence electrons. The van der Waals surface area contributed by atoms with E-state index < -0.39 is 17.5 Å². The van der Waals surface area contributed by atoms with Crippen LogP contribution in [0.2, 0.25) is 5.02 Å². The molecule has 2 bridgehead atoms. The van der Waals surface area contributed by atoms with Crippen molar-refractivity contribution in [2.75, 3.05) is 13.2 Å². The molecule has 0 unspecified atom stereocenters. The summed E-state index contributed by atoms with van der Waals surface area (Å²) >= 11 is 6.42. The summed E-state index contributed by atoms with van der Waals surface area (Å²) in [6.45, 7) is 0.588. The lowest BCUT2D eigenvalue weighted by atomic mass is 9.89. The van der Waals surface area contributed by atoms with E-state index in [0.29, 0.717) is 41.5 Å². The van der Waals surface area contributed by atoms with E-state index in [9.17, 15) is 14.9 Å². The first-order valence-electron chi connectivity index (χ1n) is 12.4. The van der Waals surface area contributed by atoms with Crippen molar-refractivity contribution in [3.8, 4) is 17.6 Å². The highest BCUT2D eigenvalue weighted by atomic mass is 35.5. The molecule has 1 atom stereocenters. The summed E-state index contributed by atoms with van der Waals surface area (Å²) in [6.07, 6.45) is 9.14. The zero-order chi connectivity index (χ0) is 25.1. The molecule has 2 aromatic carbocycles. The van der Waals surface area contributed by atoms with Gasteiger partial charge in [-0.05, 0) is 91.6 Å². The molecule has 0 saturated heterocycles. The van der Waals surface area contributed by atoms with Crippen LogP contribution in [0.5, 0.6) is 11.5 Å². The number of fused-ring (bicyclic) bond motifs is 10. The molecule has 1 saturated carbocycles. The highest BCUT2D eigenvalue weighted by Gasteiger charge is 2.45. The van der Waals surface area contributed by atoms with E-state index >= 15 is 0 Å². The number of hydrogen-bond donors (Lipinski definition) is 2. The average Bonchev–Trinajstić information content (AvgIpc) is 3.65. The van der Waals surface area contributed by atoms with Crippen LogP contribution in [0.4, 0.5) is 0 Å². The molecule has 1 fully saturated rings. The van der Waals surface area contributed by atoms with Crippen molar-refractivity contribution >= 4 is 23.4 Å². The van der Waals surface area contributed by atoms with E-state index in [1.165, 1.54) is 5.56 Å². The Bertz CT molecular complexity index is 1260. The third-order valence-electron chi connectivity index (χ3n) is 6.91. The third kappa shape index (κ3) is 5.34. The van der Waals surface area contributed by atoms with Crippen LogP contribution in [-0.4, -0.2) is 36.6 Å². The number of carbonyl (C=O) groups excluding carboxylic acids is 2. The van der Waals surface area contributed by atoms with Gasteiger partial charge >= 0.3 is 0 Å². The van der Waals surface area contributed by atoms with Crippen molar-refractivity contribution < 1.29 is 19.1 Å². The van der Waals surface area contributed by atoms with Crippen LogP contribution in [-0.2, 0) is 24.1 Å². The minimum atomic E-state index is -0.900. The molecule has 0 radical (unpaired) electrons. The lowest BCUT2D eigenvalue weighted by Gasteiger charge is -2.23. The number of aryl methyl sites for hydroxylation is 2. The molecular formula is C28H28ClN3O4. The van der Waals surface area contributed by atoms with E-state index in [1.54, 1.807) is 12.1 Å². The molecule has 8 heteroatoms. The zero-order valence-electron chi connectivity index (χ0n) is 19.9. The number of nitrogens with zero attached hydrogens (tertiary/aromatic N) is 1. The fourth-order valence-corrected chi connectivity index (χ4v) is 4.91. The summed E-state index contributed by atoms with van der Waals surface area (Å²) in [5, 5.41) is 15.6. The van der Waals surface area contributed by atoms with Crippen LogP contribution in [0.25, 0.3) is 0 Å². The number of nitrogens with one attached hydrogen (secondary N) is 2. The molecule has 2 aliphatic heterocycles. The minimum Gasteiger partial charge on any atom is -0.489 e. The molecule has 2 aromatic rings. The second-order valence-corrected chi connectivity index (χ2v) is 10.0. The maximum Gasteiger partial charge on any atom is 0.255 e. The number of amides is 2. The van der Waals surface area contributed by atoms with Gasteiger partial charge in [-0.15, -0.1) is 0 Å². The van der Waals surface area contributed by atoms with Crippen LogP contribution in [0, 0.1) is 11.3 Å². The van der Waals surface area contributed by atoms with Crippen LogP contribution in [0.3, 0.4) is 0 Å². The van der Waals surface area contributed by atoms with E-state index in [0.717, 1.165) is 36.8 Å². The molecule has 36 heavy (non-hydrogen) atoms. The van der Waals surface area contributed by atoms with Crippen LogP contribution < -0.4 is 20.1 Å².